The second-order valence-electron chi connectivity index (χ2n) is 7.61. The van der Waals surface area contributed by atoms with Crippen LogP contribution in [0, 0.1) is 0 Å². The lowest BCUT2D eigenvalue weighted by molar-refractivity contribution is -0.135. The quantitative estimate of drug-likeness (QED) is 0.866. The van der Waals surface area contributed by atoms with E-state index in [-0.39, 0.29) is 11.8 Å². The van der Waals surface area contributed by atoms with Crippen LogP contribution in [0.25, 0.3) is 0 Å². The van der Waals surface area contributed by atoms with Crippen molar-refractivity contribution >= 4 is 11.8 Å². The predicted octanol–water partition coefficient (Wildman–Crippen LogP) is 2.65. The highest BCUT2D eigenvalue weighted by molar-refractivity contribution is 5.88. The average molecular weight is 394 g/mol. The number of carbonyl (C=O) groups is 2. The standard InChI is InChI=1S/C23H26N2O4/c1-17(26)25-11-9-23(10-12-25,19-5-3-2-4-6-19)22(27)24-16-18-7-8-20-21(15-18)29-14-13-28-20/h2-8,15H,9-14,16H2,1H3,(H,24,27). The molecule has 0 bridgehead atoms. The maximum absolute atomic E-state index is 13.4. The van der Waals surface area contributed by atoms with Crippen molar-refractivity contribution in [3.05, 3.63) is 59.7 Å². The molecule has 6 heteroatoms. The van der Waals surface area contributed by atoms with Crippen LogP contribution >= 0.6 is 0 Å². The Balaban J connectivity index is 1.51. The number of fused-ring (bicyclic) bond motifs is 1. The Labute approximate surface area is 170 Å². The number of rotatable bonds is 4. The van der Waals surface area contributed by atoms with Crippen molar-refractivity contribution in [1.29, 1.82) is 0 Å². The molecule has 0 saturated carbocycles. The fourth-order valence-corrected chi connectivity index (χ4v) is 4.16. The van der Waals surface area contributed by atoms with Crippen LogP contribution in [0.3, 0.4) is 0 Å². The molecule has 0 aliphatic carbocycles. The number of likely N-dealkylation sites (tertiary alicyclic amines) is 1. The number of benzene rings is 2. The van der Waals surface area contributed by atoms with Crippen molar-refractivity contribution in [3.8, 4) is 11.5 Å². The van der Waals surface area contributed by atoms with Gasteiger partial charge in [-0.1, -0.05) is 36.4 Å². The van der Waals surface area contributed by atoms with Crippen LogP contribution in [-0.2, 0) is 21.5 Å². The second kappa shape index (κ2) is 8.15. The molecule has 2 aliphatic heterocycles. The molecule has 1 N–H and O–H groups in total. The van der Waals surface area contributed by atoms with Crippen molar-refractivity contribution in [2.75, 3.05) is 26.3 Å². The van der Waals surface area contributed by atoms with Gasteiger partial charge >= 0.3 is 0 Å². The van der Waals surface area contributed by atoms with E-state index >= 15 is 0 Å². The van der Waals surface area contributed by atoms with Crippen molar-refractivity contribution in [1.82, 2.24) is 10.2 Å². The Morgan fingerprint density at radius 1 is 1.00 bits per heavy atom. The Morgan fingerprint density at radius 3 is 2.38 bits per heavy atom. The Bertz CT molecular complexity index is 889. The van der Waals surface area contributed by atoms with Crippen LogP contribution in [0.1, 0.15) is 30.9 Å². The third-order valence-corrected chi connectivity index (χ3v) is 5.88. The Kier molecular flexibility index (Phi) is 5.43. The molecule has 0 aromatic heterocycles. The minimum absolute atomic E-state index is 0.00166. The van der Waals surface area contributed by atoms with Crippen LogP contribution in [0.2, 0.25) is 0 Å². The molecular weight excluding hydrogens is 368 g/mol. The molecule has 2 heterocycles. The van der Waals surface area contributed by atoms with Gasteiger partial charge in [-0.05, 0) is 36.1 Å². The molecule has 6 nitrogen and oxygen atoms in total. The third-order valence-electron chi connectivity index (χ3n) is 5.88. The number of amides is 2. The first kappa shape index (κ1) is 19.3. The van der Waals surface area contributed by atoms with Crippen molar-refractivity contribution in [2.45, 2.75) is 31.7 Å². The maximum atomic E-state index is 13.4. The summed E-state index contributed by atoms with van der Waals surface area (Å²) >= 11 is 0. The van der Waals surface area contributed by atoms with Gasteiger partial charge in [-0.25, -0.2) is 0 Å². The fraction of sp³-hybridized carbons (Fsp3) is 0.391. The molecule has 2 aromatic rings. The SMILES string of the molecule is CC(=O)N1CCC(C(=O)NCc2ccc3c(c2)OCCO3)(c2ccccc2)CC1. The van der Waals surface area contributed by atoms with E-state index in [9.17, 15) is 9.59 Å². The zero-order chi connectivity index (χ0) is 20.3. The van der Waals surface area contributed by atoms with Gasteiger partial charge in [-0.15, -0.1) is 0 Å². The van der Waals surface area contributed by atoms with Crippen LogP contribution < -0.4 is 14.8 Å². The third kappa shape index (κ3) is 3.92. The molecule has 0 unspecified atom stereocenters. The van der Waals surface area contributed by atoms with Gasteiger partial charge in [0.25, 0.3) is 0 Å². The summed E-state index contributed by atoms with van der Waals surface area (Å²) in [5.41, 5.74) is 1.34. The van der Waals surface area contributed by atoms with Gasteiger partial charge < -0.3 is 19.7 Å². The first-order chi connectivity index (χ1) is 14.1. The fourth-order valence-electron chi connectivity index (χ4n) is 4.16. The number of carbonyl (C=O) groups excluding carboxylic acids is 2. The molecule has 0 radical (unpaired) electrons. The van der Waals surface area contributed by atoms with Crippen LogP contribution in [0.5, 0.6) is 11.5 Å². The molecule has 1 fully saturated rings. The lowest BCUT2D eigenvalue weighted by atomic mass is 9.72. The molecule has 152 valence electrons. The highest BCUT2D eigenvalue weighted by atomic mass is 16.6. The van der Waals surface area contributed by atoms with Crippen molar-refractivity contribution in [2.24, 2.45) is 0 Å². The molecular formula is C23H26N2O4. The van der Waals surface area contributed by atoms with Gasteiger partial charge in [-0.3, -0.25) is 9.59 Å². The Morgan fingerprint density at radius 2 is 1.69 bits per heavy atom. The number of nitrogens with zero attached hydrogens (tertiary/aromatic N) is 1. The number of ether oxygens (including phenoxy) is 2. The molecule has 2 aromatic carbocycles. The topological polar surface area (TPSA) is 67.9 Å². The van der Waals surface area contributed by atoms with E-state index in [4.69, 9.17) is 9.47 Å². The summed E-state index contributed by atoms with van der Waals surface area (Å²) in [7, 11) is 0. The number of hydrogen-bond acceptors (Lipinski definition) is 4. The smallest absolute Gasteiger partial charge is 0.231 e. The molecule has 4 rings (SSSR count). The predicted molar refractivity (Wildman–Crippen MR) is 109 cm³/mol. The molecule has 2 aliphatic rings. The first-order valence-corrected chi connectivity index (χ1v) is 10.1. The number of piperidine rings is 1. The van der Waals surface area contributed by atoms with Gasteiger partial charge in [0.05, 0.1) is 5.41 Å². The zero-order valence-electron chi connectivity index (χ0n) is 16.6. The monoisotopic (exact) mass is 394 g/mol. The van der Waals surface area contributed by atoms with Crippen molar-refractivity contribution in [3.63, 3.8) is 0 Å². The summed E-state index contributed by atoms with van der Waals surface area (Å²) in [6, 6.07) is 15.6. The van der Waals surface area contributed by atoms with E-state index in [1.54, 1.807) is 6.92 Å². The summed E-state index contributed by atoms with van der Waals surface area (Å²) in [6.07, 6.45) is 1.23. The van der Waals surface area contributed by atoms with Gasteiger partial charge in [0, 0.05) is 26.6 Å². The highest BCUT2D eigenvalue weighted by Gasteiger charge is 2.43. The molecule has 0 spiro atoms. The van der Waals surface area contributed by atoms with E-state index in [1.807, 2.05) is 53.4 Å². The van der Waals surface area contributed by atoms with E-state index in [1.165, 1.54) is 0 Å². The lowest BCUT2D eigenvalue weighted by Crippen LogP contribution is -2.52. The van der Waals surface area contributed by atoms with Crippen LogP contribution in [0.4, 0.5) is 0 Å². The molecule has 0 atom stereocenters. The Hall–Kier alpha value is -3.02. The average Bonchev–Trinajstić information content (AvgIpc) is 2.78. The van der Waals surface area contributed by atoms with Crippen molar-refractivity contribution < 1.29 is 19.1 Å². The van der Waals surface area contributed by atoms with Crippen LogP contribution in [0.15, 0.2) is 48.5 Å². The van der Waals surface area contributed by atoms with E-state index < -0.39 is 5.41 Å². The van der Waals surface area contributed by atoms with Crippen LogP contribution in [-0.4, -0.2) is 43.0 Å². The normalized spacial score (nSPS) is 17.5. The summed E-state index contributed by atoms with van der Waals surface area (Å²) < 4.78 is 11.2. The van der Waals surface area contributed by atoms with Gasteiger partial charge in [-0.2, -0.15) is 0 Å². The minimum atomic E-state index is -0.624. The first-order valence-electron chi connectivity index (χ1n) is 10.1. The second-order valence-corrected chi connectivity index (χ2v) is 7.61. The van der Waals surface area contributed by atoms with Gasteiger partial charge in [0.1, 0.15) is 13.2 Å². The number of hydrogen-bond donors (Lipinski definition) is 1. The largest absolute Gasteiger partial charge is 0.486 e. The summed E-state index contributed by atoms with van der Waals surface area (Å²) in [5.74, 6) is 1.52. The van der Waals surface area contributed by atoms with E-state index in [0.717, 1.165) is 22.6 Å². The maximum Gasteiger partial charge on any atom is 0.231 e. The molecule has 1 saturated heterocycles. The molecule has 2 amide bonds. The van der Waals surface area contributed by atoms with Gasteiger partial charge in [0.2, 0.25) is 11.8 Å². The molecule has 29 heavy (non-hydrogen) atoms. The zero-order valence-corrected chi connectivity index (χ0v) is 16.6. The summed E-state index contributed by atoms with van der Waals surface area (Å²) in [5, 5.41) is 3.12. The summed E-state index contributed by atoms with van der Waals surface area (Å²) in [6.45, 7) is 4.26. The van der Waals surface area contributed by atoms with E-state index in [2.05, 4.69) is 5.32 Å². The van der Waals surface area contributed by atoms with E-state index in [0.29, 0.717) is 45.7 Å². The minimum Gasteiger partial charge on any atom is -0.486 e. The number of nitrogens with one attached hydrogen (secondary N) is 1. The summed E-state index contributed by atoms with van der Waals surface area (Å²) in [4.78, 5) is 27.0. The lowest BCUT2D eigenvalue weighted by Gasteiger charge is -2.40. The highest BCUT2D eigenvalue weighted by Crippen LogP contribution is 2.36. The van der Waals surface area contributed by atoms with Gasteiger partial charge in [0.15, 0.2) is 11.5 Å².